The van der Waals surface area contributed by atoms with Crippen molar-refractivity contribution in [2.75, 3.05) is 18.9 Å². The summed E-state index contributed by atoms with van der Waals surface area (Å²) in [5.74, 6) is 0. The minimum atomic E-state index is -0.234. The van der Waals surface area contributed by atoms with E-state index in [0.29, 0.717) is 6.61 Å². The average molecular weight is 310 g/mol. The molecule has 4 nitrogen and oxygen atoms in total. The quantitative estimate of drug-likeness (QED) is 0.920. The van der Waals surface area contributed by atoms with Gasteiger partial charge in [-0.05, 0) is 30.0 Å². The summed E-state index contributed by atoms with van der Waals surface area (Å²) >= 11 is 0. The topological polar surface area (TPSA) is 41.6 Å². The molecule has 120 valence electrons. The van der Waals surface area contributed by atoms with E-state index >= 15 is 0 Å². The molecule has 1 saturated heterocycles. The van der Waals surface area contributed by atoms with Crippen molar-refractivity contribution in [3.63, 3.8) is 0 Å². The zero-order valence-electron chi connectivity index (χ0n) is 13.4. The Hall–Kier alpha value is -2.49. The van der Waals surface area contributed by atoms with E-state index in [1.54, 1.807) is 0 Å². The first kappa shape index (κ1) is 15.4. The summed E-state index contributed by atoms with van der Waals surface area (Å²) in [4.78, 5) is 14.3. The maximum absolute atomic E-state index is 12.5. The highest BCUT2D eigenvalue weighted by Crippen LogP contribution is 2.36. The van der Waals surface area contributed by atoms with Gasteiger partial charge in [-0.2, -0.15) is 0 Å². The standard InChI is InChI=1S/C19H22N2O2/c1-20-17-11-6-5-10-16(17)18-12-7-13-21(18)19(22)23-14-15-8-3-2-4-9-15/h2-6,8-11,18,20H,7,12-14H2,1H3/t18-/m0/s1. The Labute approximate surface area is 137 Å². The predicted molar refractivity (Wildman–Crippen MR) is 91.3 cm³/mol. The molecular formula is C19H22N2O2. The molecule has 23 heavy (non-hydrogen) atoms. The van der Waals surface area contributed by atoms with Crippen LogP contribution >= 0.6 is 0 Å². The van der Waals surface area contributed by atoms with Gasteiger partial charge >= 0.3 is 6.09 Å². The molecule has 0 aromatic heterocycles. The van der Waals surface area contributed by atoms with Crippen LogP contribution in [-0.2, 0) is 11.3 Å². The molecule has 1 atom stereocenters. The van der Waals surface area contributed by atoms with E-state index in [9.17, 15) is 4.79 Å². The summed E-state index contributed by atoms with van der Waals surface area (Å²) in [5, 5.41) is 3.21. The van der Waals surface area contributed by atoms with Crippen molar-refractivity contribution >= 4 is 11.8 Å². The van der Waals surface area contributed by atoms with Crippen LogP contribution in [0.1, 0.15) is 30.0 Å². The van der Waals surface area contributed by atoms with Gasteiger partial charge in [-0.15, -0.1) is 0 Å². The first-order valence-electron chi connectivity index (χ1n) is 8.03. The zero-order chi connectivity index (χ0) is 16.1. The first-order valence-corrected chi connectivity index (χ1v) is 8.03. The zero-order valence-corrected chi connectivity index (χ0v) is 13.4. The predicted octanol–water partition coefficient (Wildman–Crippen LogP) is 4.20. The van der Waals surface area contributed by atoms with Crippen molar-refractivity contribution in [2.45, 2.75) is 25.5 Å². The first-order chi connectivity index (χ1) is 11.3. The number of anilines is 1. The number of para-hydroxylation sites is 1. The normalized spacial score (nSPS) is 17.1. The summed E-state index contributed by atoms with van der Waals surface area (Å²) < 4.78 is 5.50. The number of hydrogen-bond donors (Lipinski definition) is 1. The number of rotatable bonds is 4. The average Bonchev–Trinajstić information content (AvgIpc) is 3.10. The van der Waals surface area contributed by atoms with Gasteiger partial charge in [-0.1, -0.05) is 48.5 Å². The van der Waals surface area contributed by atoms with Crippen molar-refractivity contribution < 1.29 is 9.53 Å². The van der Waals surface area contributed by atoms with Gasteiger partial charge in [0, 0.05) is 19.3 Å². The van der Waals surface area contributed by atoms with Gasteiger partial charge in [0.15, 0.2) is 0 Å². The number of nitrogens with zero attached hydrogens (tertiary/aromatic N) is 1. The number of amides is 1. The maximum atomic E-state index is 12.5. The molecule has 3 rings (SSSR count). The maximum Gasteiger partial charge on any atom is 0.410 e. The molecule has 1 N–H and O–H groups in total. The van der Waals surface area contributed by atoms with Crippen molar-refractivity contribution in [1.29, 1.82) is 0 Å². The SMILES string of the molecule is CNc1ccccc1[C@@H]1CCCN1C(=O)OCc1ccccc1. The third-order valence-electron chi connectivity index (χ3n) is 4.28. The Morgan fingerprint density at radius 1 is 1.17 bits per heavy atom. The van der Waals surface area contributed by atoms with Crippen molar-refractivity contribution in [3.05, 3.63) is 65.7 Å². The Morgan fingerprint density at radius 2 is 1.91 bits per heavy atom. The lowest BCUT2D eigenvalue weighted by Crippen LogP contribution is -2.31. The van der Waals surface area contributed by atoms with Gasteiger partial charge in [0.2, 0.25) is 0 Å². The van der Waals surface area contributed by atoms with E-state index < -0.39 is 0 Å². The highest BCUT2D eigenvalue weighted by Gasteiger charge is 2.32. The van der Waals surface area contributed by atoms with Crippen LogP contribution < -0.4 is 5.32 Å². The van der Waals surface area contributed by atoms with E-state index in [1.165, 1.54) is 0 Å². The van der Waals surface area contributed by atoms with E-state index in [2.05, 4.69) is 11.4 Å². The number of carbonyl (C=O) groups excluding carboxylic acids is 1. The van der Waals surface area contributed by atoms with Gasteiger partial charge in [-0.25, -0.2) is 4.79 Å². The summed E-state index contributed by atoms with van der Waals surface area (Å²) in [5.41, 5.74) is 3.23. The van der Waals surface area contributed by atoms with Crippen LogP contribution in [0.4, 0.5) is 10.5 Å². The lowest BCUT2D eigenvalue weighted by Gasteiger charge is -2.26. The van der Waals surface area contributed by atoms with Gasteiger partial charge in [0.1, 0.15) is 6.61 Å². The van der Waals surface area contributed by atoms with E-state index in [1.807, 2.05) is 60.5 Å². The van der Waals surface area contributed by atoms with E-state index in [-0.39, 0.29) is 12.1 Å². The smallest absolute Gasteiger partial charge is 0.410 e. The molecule has 2 aromatic rings. The number of carbonyl (C=O) groups is 1. The molecule has 1 heterocycles. The highest BCUT2D eigenvalue weighted by atomic mass is 16.6. The molecule has 1 aliphatic heterocycles. The van der Waals surface area contributed by atoms with Crippen LogP contribution in [0.2, 0.25) is 0 Å². The van der Waals surface area contributed by atoms with Crippen LogP contribution in [0.5, 0.6) is 0 Å². The molecule has 0 aliphatic carbocycles. The molecule has 0 radical (unpaired) electrons. The van der Waals surface area contributed by atoms with Gasteiger partial charge in [0.25, 0.3) is 0 Å². The lowest BCUT2D eigenvalue weighted by molar-refractivity contribution is 0.0921. The largest absolute Gasteiger partial charge is 0.445 e. The number of benzene rings is 2. The number of hydrogen-bond acceptors (Lipinski definition) is 3. The molecular weight excluding hydrogens is 288 g/mol. The third-order valence-corrected chi connectivity index (χ3v) is 4.28. The Bertz CT molecular complexity index is 657. The van der Waals surface area contributed by atoms with Crippen molar-refractivity contribution in [1.82, 2.24) is 4.90 Å². The molecule has 4 heteroatoms. The summed E-state index contributed by atoms with van der Waals surface area (Å²) in [6.45, 7) is 1.06. The fourth-order valence-corrected chi connectivity index (χ4v) is 3.13. The summed E-state index contributed by atoms with van der Waals surface area (Å²) in [6.07, 6.45) is 1.74. The molecule has 1 amide bonds. The molecule has 0 saturated carbocycles. The number of likely N-dealkylation sites (tertiary alicyclic amines) is 1. The Kier molecular flexibility index (Phi) is 4.81. The van der Waals surface area contributed by atoms with Gasteiger partial charge in [-0.3, -0.25) is 0 Å². The fraction of sp³-hybridized carbons (Fsp3) is 0.316. The summed E-state index contributed by atoms with van der Waals surface area (Å²) in [7, 11) is 1.91. The van der Waals surface area contributed by atoms with Crippen LogP contribution in [0.3, 0.4) is 0 Å². The van der Waals surface area contributed by atoms with Crippen LogP contribution in [0.15, 0.2) is 54.6 Å². The molecule has 0 spiro atoms. The molecule has 1 fully saturated rings. The molecule has 0 unspecified atom stereocenters. The molecule has 2 aromatic carbocycles. The van der Waals surface area contributed by atoms with E-state index in [4.69, 9.17) is 4.74 Å². The molecule has 1 aliphatic rings. The second-order valence-corrected chi connectivity index (χ2v) is 5.73. The lowest BCUT2D eigenvalue weighted by atomic mass is 10.0. The third kappa shape index (κ3) is 3.47. The van der Waals surface area contributed by atoms with Gasteiger partial charge < -0.3 is 15.0 Å². The summed E-state index contributed by atoms with van der Waals surface area (Å²) in [6, 6.07) is 18.0. The van der Waals surface area contributed by atoms with Crippen LogP contribution in [0.25, 0.3) is 0 Å². The van der Waals surface area contributed by atoms with Crippen LogP contribution in [-0.4, -0.2) is 24.6 Å². The van der Waals surface area contributed by atoms with Crippen LogP contribution in [0, 0.1) is 0 Å². The second-order valence-electron chi connectivity index (χ2n) is 5.73. The Balaban J connectivity index is 1.70. The number of ether oxygens (including phenoxy) is 1. The van der Waals surface area contributed by atoms with E-state index in [0.717, 1.165) is 36.2 Å². The van der Waals surface area contributed by atoms with Crippen molar-refractivity contribution in [2.24, 2.45) is 0 Å². The van der Waals surface area contributed by atoms with Crippen molar-refractivity contribution in [3.8, 4) is 0 Å². The van der Waals surface area contributed by atoms with Gasteiger partial charge in [0.05, 0.1) is 6.04 Å². The highest BCUT2D eigenvalue weighted by molar-refractivity contribution is 5.69. The second kappa shape index (κ2) is 7.18. The Morgan fingerprint density at radius 3 is 2.70 bits per heavy atom. The minimum Gasteiger partial charge on any atom is -0.445 e. The number of nitrogens with one attached hydrogen (secondary N) is 1. The monoisotopic (exact) mass is 310 g/mol. The molecule has 0 bridgehead atoms. The minimum absolute atomic E-state index is 0.0851. The fourth-order valence-electron chi connectivity index (χ4n) is 3.13.